The third-order valence-electron chi connectivity index (χ3n) is 2.05. The standard InChI is InChI=1S/C7H6F3N7O2/c1-16-13-3(11-14-16)2-17-5(7(8,9)10)4(6(18)19)12-15-17/h2H2,1H3,(H,18,19). The SMILES string of the molecule is Cn1nnc(Cn2nnc(C(=O)O)c2C(F)(F)F)n1. The molecule has 19 heavy (non-hydrogen) atoms. The first-order valence-electron chi connectivity index (χ1n) is 4.76. The number of hydrogen-bond acceptors (Lipinski definition) is 6. The highest BCUT2D eigenvalue weighted by Crippen LogP contribution is 2.31. The van der Waals surface area contributed by atoms with Crippen molar-refractivity contribution in [1.82, 2.24) is 35.2 Å². The molecule has 0 radical (unpaired) electrons. The van der Waals surface area contributed by atoms with Gasteiger partial charge in [-0.2, -0.15) is 18.0 Å². The Labute approximate surface area is 102 Å². The number of halogens is 3. The molecule has 2 aromatic rings. The molecular formula is C7H6F3N7O2. The monoisotopic (exact) mass is 277 g/mol. The number of alkyl halides is 3. The van der Waals surface area contributed by atoms with Crippen molar-refractivity contribution in [3.05, 3.63) is 17.2 Å². The van der Waals surface area contributed by atoms with Gasteiger partial charge in [0.1, 0.15) is 6.54 Å². The van der Waals surface area contributed by atoms with Crippen molar-refractivity contribution in [2.75, 3.05) is 0 Å². The highest BCUT2D eigenvalue weighted by atomic mass is 19.4. The van der Waals surface area contributed by atoms with Gasteiger partial charge < -0.3 is 5.11 Å². The predicted molar refractivity (Wildman–Crippen MR) is 49.9 cm³/mol. The van der Waals surface area contributed by atoms with Crippen LogP contribution in [0.4, 0.5) is 13.2 Å². The number of carboxylic acids is 1. The van der Waals surface area contributed by atoms with Crippen molar-refractivity contribution < 1.29 is 23.1 Å². The molecule has 0 atom stereocenters. The number of carboxylic acid groups (broad SMARTS) is 1. The lowest BCUT2D eigenvalue weighted by Crippen LogP contribution is -2.19. The number of aromatic nitrogens is 7. The Balaban J connectivity index is 2.43. The van der Waals surface area contributed by atoms with Crippen LogP contribution in [-0.2, 0) is 19.8 Å². The minimum atomic E-state index is -4.90. The highest BCUT2D eigenvalue weighted by molar-refractivity contribution is 5.86. The van der Waals surface area contributed by atoms with Gasteiger partial charge in [-0.3, -0.25) is 0 Å². The lowest BCUT2D eigenvalue weighted by atomic mass is 10.3. The zero-order valence-corrected chi connectivity index (χ0v) is 9.33. The van der Waals surface area contributed by atoms with E-state index in [1.54, 1.807) is 0 Å². The van der Waals surface area contributed by atoms with Crippen LogP contribution in [0.25, 0.3) is 0 Å². The molecule has 0 bridgehead atoms. The van der Waals surface area contributed by atoms with Gasteiger partial charge in [-0.1, -0.05) is 5.21 Å². The van der Waals surface area contributed by atoms with Crippen molar-refractivity contribution in [3.8, 4) is 0 Å². The largest absolute Gasteiger partial charge is 0.476 e. The van der Waals surface area contributed by atoms with Crippen LogP contribution in [0, 0.1) is 0 Å². The first-order valence-corrected chi connectivity index (χ1v) is 4.76. The summed E-state index contributed by atoms with van der Waals surface area (Å²) in [4.78, 5) is 11.7. The molecule has 0 fully saturated rings. The molecule has 9 nitrogen and oxygen atoms in total. The quantitative estimate of drug-likeness (QED) is 0.809. The topological polar surface area (TPSA) is 112 Å². The van der Waals surface area contributed by atoms with Gasteiger partial charge in [0.2, 0.25) is 5.69 Å². The first kappa shape index (κ1) is 12.9. The van der Waals surface area contributed by atoms with Crippen LogP contribution in [-0.4, -0.2) is 46.3 Å². The van der Waals surface area contributed by atoms with Crippen molar-refractivity contribution >= 4 is 5.97 Å². The Morgan fingerprint density at radius 2 is 2.00 bits per heavy atom. The molecule has 0 spiro atoms. The molecule has 0 aromatic carbocycles. The second-order valence-electron chi connectivity index (χ2n) is 3.44. The van der Waals surface area contributed by atoms with E-state index in [0.717, 1.165) is 4.80 Å². The van der Waals surface area contributed by atoms with Crippen LogP contribution in [0.3, 0.4) is 0 Å². The van der Waals surface area contributed by atoms with Crippen LogP contribution in [0.1, 0.15) is 22.0 Å². The fourth-order valence-corrected chi connectivity index (χ4v) is 1.37. The maximum Gasteiger partial charge on any atom is 0.435 e. The summed E-state index contributed by atoms with van der Waals surface area (Å²) in [7, 11) is 1.44. The molecule has 2 heterocycles. The summed E-state index contributed by atoms with van der Waals surface area (Å²) in [6.45, 7) is -0.483. The van der Waals surface area contributed by atoms with Gasteiger partial charge >= 0.3 is 12.1 Å². The van der Waals surface area contributed by atoms with Gasteiger partial charge in [0.05, 0.1) is 7.05 Å². The Kier molecular flexibility index (Phi) is 2.92. The van der Waals surface area contributed by atoms with Crippen LogP contribution < -0.4 is 0 Å². The smallest absolute Gasteiger partial charge is 0.435 e. The highest BCUT2D eigenvalue weighted by Gasteiger charge is 2.41. The number of rotatable bonds is 3. The van der Waals surface area contributed by atoms with Gasteiger partial charge in [0.15, 0.2) is 11.5 Å². The molecule has 0 amide bonds. The van der Waals surface area contributed by atoms with Crippen molar-refractivity contribution in [1.29, 1.82) is 0 Å². The summed E-state index contributed by atoms with van der Waals surface area (Å²) >= 11 is 0. The fourth-order valence-electron chi connectivity index (χ4n) is 1.37. The summed E-state index contributed by atoms with van der Waals surface area (Å²) in [5, 5.41) is 25.4. The number of tetrazole rings is 1. The minimum Gasteiger partial charge on any atom is -0.476 e. The fraction of sp³-hybridized carbons (Fsp3) is 0.429. The van der Waals surface area contributed by atoms with E-state index in [1.807, 2.05) is 0 Å². The minimum absolute atomic E-state index is 0.0464. The van der Waals surface area contributed by atoms with Gasteiger partial charge in [0.25, 0.3) is 0 Å². The summed E-state index contributed by atoms with van der Waals surface area (Å²) in [6.07, 6.45) is -4.90. The van der Waals surface area contributed by atoms with E-state index >= 15 is 0 Å². The molecule has 0 aliphatic rings. The molecule has 1 N–H and O–H groups in total. The number of aryl methyl sites for hydroxylation is 1. The van der Waals surface area contributed by atoms with E-state index in [9.17, 15) is 18.0 Å². The molecule has 0 aliphatic heterocycles. The zero-order valence-electron chi connectivity index (χ0n) is 9.33. The second-order valence-corrected chi connectivity index (χ2v) is 3.44. The molecular weight excluding hydrogens is 271 g/mol. The van der Waals surface area contributed by atoms with Crippen LogP contribution in [0.15, 0.2) is 0 Å². The summed E-state index contributed by atoms with van der Waals surface area (Å²) in [5.74, 6) is -1.86. The van der Waals surface area contributed by atoms with Crippen LogP contribution in [0.5, 0.6) is 0 Å². The molecule has 0 saturated carbocycles. The average Bonchev–Trinajstić information content (AvgIpc) is 2.84. The van der Waals surface area contributed by atoms with E-state index in [4.69, 9.17) is 5.11 Å². The molecule has 12 heteroatoms. The zero-order chi connectivity index (χ0) is 14.2. The number of nitrogens with zero attached hydrogens (tertiary/aromatic N) is 7. The second kappa shape index (κ2) is 4.29. The molecule has 2 aromatic heterocycles. The third kappa shape index (κ3) is 2.51. The number of carbonyl (C=O) groups is 1. The van der Waals surface area contributed by atoms with Gasteiger partial charge in [-0.15, -0.1) is 15.3 Å². The van der Waals surface area contributed by atoms with E-state index in [-0.39, 0.29) is 5.82 Å². The van der Waals surface area contributed by atoms with Crippen molar-refractivity contribution in [2.45, 2.75) is 12.7 Å². The maximum atomic E-state index is 12.8. The van der Waals surface area contributed by atoms with Crippen LogP contribution >= 0.6 is 0 Å². The Bertz CT molecular complexity index is 616. The Morgan fingerprint density at radius 3 is 2.47 bits per heavy atom. The van der Waals surface area contributed by atoms with E-state index < -0.39 is 30.1 Å². The summed E-state index contributed by atoms with van der Waals surface area (Å²) in [6, 6.07) is 0. The van der Waals surface area contributed by atoms with Gasteiger partial charge in [-0.25, -0.2) is 9.48 Å². The molecule has 102 valence electrons. The number of aromatic carboxylic acids is 1. The lowest BCUT2D eigenvalue weighted by Gasteiger charge is -2.08. The van der Waals surface area contributed by atoms with E-state index in [2.05, 4.69) is 25.7 Å². The van der Waals surface area contributed by atoms with Gasteiger partial charge in [-0.05, 0) is 5.21 Å². The van der Waals surface area contributed by atoms with E-state index in [0.29, 0.717) is 4.68 Å². The first-order chi connectivity index (χ1) is 8.79. The average molecular weight is 277 g/mol. The van der Waals surface area contributed by atoms with Crippen molar-refractivity contribution in [2.24, 2.45) is 7.05 Å². The summed E-state index contributed by atoms with van der Waals surface area (Å²) < 4.78 is 38.7. The molecule has 0 aliphatic carbocycles. The predicted octanol–water partition coefficient (Wildman–Crippen LogP) is -0.433. The molecule has 2 rings (SSSR count). The maximum absolute atomic E-state index is 12.8. The van der Waals surface area contributed by atoms with E-state index in [1.165, 1.54) is 7.05 Å². The molecule has 0 unspecified atom stereocenters. The normalized spacial score (nSPS) is 11.8. The lowest BCUT2D eigenvalue weighted by molar-refractivity contribution is -0.144. The van der Waals surface area contributed by atoms with Crippen LogP contribution in [0.2, 0.25) is 0 Å². The number of hydrogen-bond donors (Lipinski definition) is 1. The molecule has 0 saturated heterocycles. The summed E-state index contributed by atoms with van der Waals surface area (Å²) in [5.41, 5.74) is -2.64. The van der Waals surface area contributed by atoms with Gasteiger partial charge in [0, 0.05) is 0 Å². The van der Waals surface area contributed by atoms with Crippen molar-refractivity contribution in [3.63, 3.8) is 0 Å². The Morgan fingerprint density at radius 1 is 1.32 bits per heavy atom. The Hall–Kier alpha value is -2.53. The third-order valence-corrected chi connectivity index (χ3v) is 2.05.